The zero-order valence-electron chi connectivity index (χ0n) is 9.34. The molecule has 0 N–H and O–H groups in total. The van der Waals surface area contributed by atoms with Crippen molar-refractivity contribution in [1.82, 2.24) is 4.31 Å². The van der Waals surface area contributed by atoms with E-state index in [0.29, 0.717) is 13.1 Å². The highest BCUT2D eigenvalue weighted by Crippen LogP contribution is 2.18. The fraction of sp³-hybridized carbons (Fsp3) is 0.364. The van der Waals surface area contributed by atoms with E-state index in [0.717, 1.165) is 0 Å². The number of benzene rings is 1. The first kappa shape index (κ1) is 12.7. The zero-order chi connectivity index (χ0) is 12.2. The van der Waals surface area contributed by atoms with Crippen LogP contribution in [0.3, 0.4) is 0 Å². The Kier molecular flexibility index (Phi) is 4.05. The van der Waals surface area contributed by atoms with E-state index in [-0.39, 0.29) is 10.5 Å². The van der Waals surface area contributed by atoms with Gasteiger partial charge < -0.3 is 0 Å². The van der Waals surface area contributed by atoms with Gasteiger partial charge in [0.1, 0.15) is 6.07 Å². The van der Waals surface area contributed by atoms with Crippen molar-refractivity contribution in [1.29, 1.82) is 5.26 Å². The Morgan fingerprint density at radius 2 is 1.81 bits per heavy atom. The minimum atomic E-state index is -3.53. The molecule has 0 aliphatic carbocycles. The number of nitriles is 1. The predicted molar refractivity (Wildman–Crippen MR) is 61.3 cm³/mol. The van der Waals surface area contributed by atoms with E-state index < -0.39 is 10.0 Å². The number of rotatable bonds is 4. The lowest BCUT2D eigenvalue weighted by Crippen LogP contribution is -2.31. The van der Waals surface area contributed by atoms with Gasteiger partial charge in [0.2, 0.25) is 10.0 Å². The van der Waals surface area contributed by atoms with E-state index in [1.807, 2.05) is 6.07 Å². The van der Waals surface area contributed by atoms with Crippen LogP contribution in [0.1, 0.15) is 19.4 Å². The second-order valence-electron chi connectivity index (χ2n) is 3.20. The third kappa shape index (κ3) is 2.23. The van der Waals surface area contributed by atoms with Crippen LogP contribution in [0.5, 0.6) is 0 Å². The molecule has 0 fully saturated rings. The molecule has 0 saturated heterocycles. The molecule has 16 heavy (non-hydrogen) atoms. The molecule has 0 aliphatic rings. The first-order chi connectivity index (χ1) is 7.57. The summed E-state index contributed by atoms with van der Waals surface area (Å²) in [6.07, 6.45) is 0. The molecule has 0 unspecified atom stereocenters. The van der Waals surface area contributed by atoms with Crippen LogP contribution in [-0.2, 0) is 10.0 Å². The summed E-state index contributed by atoms with van der Waals surface area (Å²) in [7, 11) is -3.53. The molecule has 0 saturated carbocycles. The van der Waals surface area contributed by atoms with Crippen LogP contribution >= 0.6 is 0 Å². The van der Waals surface area contributed by atoms with Crippen molar-refractivity contribution in [3.63, 3.8) is 0 Å². The van der Waals surface area contributed by atoms with Crippen LogP contribution < -0.4 is 0 Å². The van der Waals surface area contributed by atoms with Gasteiger partial charge in [-0.15, -0.1) is 0 Å². The number of sulfonamides is 1. The predicted octanol–water partition coefficient (Wildman–Crippen LogP) is 1.59. The average molecular weight is 238 g/mol. The quantitative estimate of drug-likeness (QED) is 0.800. The molecule has 0 spiro atoms. The van der Waals surface area contributed by atoms with E-state index >= 15 is 0 Å². The van der Waals surface area contributed by atoms with Crippen LogP contribution in [0.2, 0.25) is 0 Å². The minimum Gasteiger partial charge on any atom is -0.207 e. The second kappa shape index (κ2) is 5.10. The maximum Gasteiger partial charge on any atom is 0.244 e. The van der Waals surface area contributed by atoms with E-state index in [1.54, 1.807) is 26.0 Å². The number of nitrogens with zero attached hydrogens (tertiary/aromatic N) is 2. The molecule has 1 aromatic carbocycles. The summed E-state index contributed by atoms with van der Waals surface area (Å²) in [6, 6.07) is 8.15. The molecule has 5 heteroatoms. The fourth-order valence-corrected chi connectivity index (χ4v) is 3.09. The monoisotopic (exact) mass is 238 g/mol. The molecule has 0 amide bonds. The highest BCUT2D eigenvalue weighted by atomic mass is 32.2. The first-order valence-corrected chi connectivity index (χ1v) is 6.51. The van der Waals surface area contributed by atoms with Crippen molar-refractivity contribution in [2.24, 2.45) is 0 Å². The molecule has 0 radical (unpaired) electrons. The van der Waals surface area contributed by atoms with E-state index in [2.05, 4.69) is 0 Å². The third-order valence-corrected chi connectivity index (χ3v) is 4.44. The topological polar surface area (TPSA) is 61.2 Å². The van der Waals surface area contributed by atoms with Gasteiger partial charge in [-0.05, 0) is 12.1 Å². The Bertz CT molecular complexity index is 499. The van der Waals surface area contributed by atoms with Crippen molar-refractivity contribution in [2.75, 3.05) is 13.1 Å². The summed E-state index contributed by atoms with van der Waals surface area (Å²) >= 11 is 0. The maximum absolute atomic E-state index is 12.1. The highest BCUT2D eigenvalue weighted by Gasteiger charge is 2.24. The molecule has 1 rings (SSSR count). The largest absolute Gasteiger partial charge is 0.244 e. The Morgan fingerprint density at radius 1 is 1.25 bits per heavy atom. The molecule has 86 valence electrons. The summed E-state index contributed by atoms with van der Waals surface area (Å²) < 4.78 is 25.6. The molecule has 0 bridgehead atoms. The van der Waals surface area contributed by atoms with Gasteiger partial charge in [0.15, 0.2) is 0 Å². The summed E-state index contributed by atoms with van der Waals surface area (Å²) in [5.41, 5.74) is 0.189. The Morgan fingerprint density at radius 3 is 2.31 bits per heavy atom. The highest BCUT2D eigenvalue weighted by molar-refractivity contribution is 7.89. The van der Waals surface area contributed by atoms with Crippen LogP contribution in [0.25, 0.3) is 0 Å². The fourth-order valence-electron chi connectivity index (χ4n) is 1.49. The van der Waals surface area contributed by atoms with Gasteiger partial charge in [-0.3, -0.25) is 0 Å². The van der Waals surface area contributed by atoms with Crippen molar-refractivity contribution < 1.29 is 8.42 Å². The third-order valence-electron chi connectivity index (χ3n) is 2.33. The maximum atomic E-state index is 12.1. The average Bonchev–Trinajstić information content (AvgIpc) is 2.30. The lowest BCUT2D eigenvalue weighted by atomic mass is 10.2. The lowest BCUT2D eigenvalue weighted by molar-refractivity contribution is 0.445. The summed E-state index contributed by atoms with van der Waals surface area (Å²) in [5.74, 6) is 0. The van der Waals surface area contributed by atoms with Crippen molar-refractivity contribution >= 4 is 10.0 Å². The lowest BCUT2D eigenvalue weighted by Gasteiger charge is -2.18. The second-order valence-corrected chi connectivity index (χ2v) is 5.10. The van der Waals surface area contributed by atoms with Crippen molar-refractivity contribution in [3.8, 4) is 6.07 Å². The summed E-state index contributed by atoms with van der Waals surface area (Å²) in [5, 5.41) is 8.88. The Labute approximate surface area is 96.2 Å². The molecule has 0 heterocycles. The van der Waals surface area contributed by atoms with Crippen LogP contribution in [0.4, 0.5) is 0 Å². The molecule has 0 aromatic heterocycles. The molecule has 0 atom stereocenters. The molecule has 1 aromatic rings. The first-order valence-electron chi connectivity index (χ1n) is 5.07. The molecule has 4 nitrogen and oxygen atoms in total. The molecule has 0 aliphatic heterocycles. The van der Waals surface area contributed by atoms with Crippen molar-refractivity contribution in [3.05, 3.63) is 29.8 Å². The summed E-state index contributed by atoms with van der Waals surface area (Å²) in [6.45, 7) is 4.35. The van der Waals surface area contributed by atoms with Gasteiger partial charge in [-0.25, -0.2) is 8.42 Å². The van der Waals surface area contributed by atoms with Crippen LogP contribution in [-0.4, -0.2) is 25.8 Å². The van der Waals surface area contributed by atoms with Gasteiger partial charge >= 0.3 is 0 Å². The van der Waals surface area contributed by atoms with Gasteiger partial charge in [0.25, 0.3) is 0 Å². The smallest absolute Gasteiger partial charge is 0.207 e. The van der Waals surface area contributed by atoms with E-state index in [9.17, 15) is 8.42 Å². The van der Waals surface area contributed by atoms with Crippen molar-refractivity contribution in [2.45, 2.75) is 18.7 Å². The summed E-state index contributed by atoms with van der Waals surface area (Å²) in [4.78, 5) is 0.0844. The molecular formula is C11H14N2O2S. The van der Waals surface area contributed by atoms with E-state index in [1.165, 1.54) is 16.4 Å². The minimum absolute atomic E-state index is 0.0844. The van der Waals surface area contributed by atoms with E-state index in [4.69, 9.17) is 5.26 Å². The van der Waals surface area contributed by atoms with Gasteiger partial charge in [0.05, 0.1) is 10.5 Å². The SMILES string of the molecule is CCN(CC)S(=O)(=O)c1ccccc1C#N. The standard InChI is InChI=1S/C11H14N2O2S/c1-3-13(4-2)16(14,15)11-8-6-5-7-10(11)9-12/h5-8H,3-4H2,1-2H3. The molecular weight excluding hydrogens is 224 g/mol. The Hall–Kier alpha value is -1.38. The van der Waals surface area contributed by atoms with Gasteiger partial charge in [-0.1, -0.05) is 26.0 Å². The number of hydrogen-bond acceptors (Lipinski definition) is 3. The van der Waals surface area contributed by atoms with Crippen LogP contribution in [0.15, 0.2) is 29.2 Å². The zero-order valence-corrected chi connectivity index (χ0v) is 10.2. The number of hydrogen-bond donors (Lipinski definition) is 0. The Balaban J connectivity index is 3.33. The normalized spacial score (nSPS) is 11.4. The van der Waals surface area contributed by atoms with Gasteiger partial charge in [0, 0.05) is 13.1 Å². The van der Waals surface area contributed by atoms with Gasteiger partial charge in [-0.2, -0.15) is 9.57 Å². The van der Waals surface area contributed by atoms with Crippen LogP contribution in [0, 0.1) is 11.3 Å².